The second-order valence-electron chi connectivity index (χ2n) is 25.3. The molecular weight excluding hydrogens is 949 g/mol. The summed E-state index contributed by atoms with van der Waals surface area (Å²) in [5.74, 6) is 2.60. The molecule has 462 valence electrons. The van der Waals surface area contributed by atoms with Crippen molar-refractivity contribution in [1.82, 2.24) is 0 Å². The van der Waals surface area contributed by atoms with Crippen molar-refractivity contribution in [3.63, 3.8) is 0 Å². The van der Waals surface area contributed by atoms with E-state index >= 15 is 0 Å². The summed E-state index contributed by atoms with van der Waals surface area (Å²) >= 11 is 0. The molecule has 0 unspecified atom stereocenters. The predicted molar refractivity (Wildman–Crippen MR) is 351 cm³/mol. The average Bonchev–Trinajstić information content (AvgIpc) is 3.46. The smallest absolute Gasteiger partial charge is 0.203 e. The Morgan fingerprint density at radius 1 is 0.179 bits per heavy atom. The van der Waals surface area contributed by atoms with E-state index in [0.717, 1.165) is 56.3 Å². The molecule has 0 aliphatic heterocycles. The van der Waals surface area contributed by atoms with Gasteiger partial charge in [-0.05, 0) is 31.4 Å². The normalized spacial score (nSPS) is 11.6. The van der Waals surface area contributed by atoms with Crippen molar-refractivity contribution >= 4 is 0 Å². The van der Waals surface area contributed by atoms with Crippen molar-refractivity contribution in [2.45, 2.75) is 425 Å². The summed E-state index contributed by atoms with van der Waals surface area (Å²) in [6.07, 6.45) is 88.9. The predicted octanol–water partition coefficient (Wildman–Crippen LogP) is 27.5. The van der Waals surface area contributed by atoms with Crippen LogP contribution in [0.4, 0.5) is 0 Å². The van der Waals surface area contributed by atoms with Crippen molar-refractivity contribution in [2.75, 3.05) is 19.8 Å². The van der Waals surface area contributed by atoms with Crippen LogP contribution >= 0.6 is 0 Å². The second-order valence-corrected chi connectivity index (χ2v) is 25.3. The average molecular weight is 1090 g/mol. The lowest BCUT2D eigenvalue weighted by Gasteiger charge is -2.17. The standard InChI is InChI=1S/C75H144O3/c1-4-7-10-13-16-19-22-25-28-31-34-37-40-43-46-49-52-55-58-61-64-70-76-73-68-67-69-74(77-71-65-62-59-56-53-50-47-44-41-38-35-32-29-26-23-20-17-14-11-8-5-2)75(73)78-72-66-63-60-57-54-51-48-45-42-39-36-33-30-27-24-21-18-15-12-9-6-3/h67-69H,4-66,70-72H2,1-3H3. The number of ether oxygens (including phenoxy) is 3. The van der Waals surface area contributed by atoms with Gasteiger partial charge in [0.05, 0.1) is 19.8 Å². The highest BCUT2D eigenvalue weighted by molar-refractivity contribution is 5.51. The minimum atomic E-state index is 0.745. The molecule has 0 fully saturated rings. The van der Waals surface area contributed by atoms with Crippen LogP contribution in [0.15, 0.2) is 18.2 Å². The van der Waals surface area contributed by atoms with Crippen molar-refractivity contribution < 1.29 is 14.2 Å². The molecule has 1 aromatic rings. The summed E-state index contributed by atoms with van der Waals surface area (Å²) in [4.78, 5) is 0. The second kappa shape index (κ2) is 66.4. The first-order valence-electron chi connectivity index (χ1n) is 36.8. The molecule has 0 atom stereocenters. The van der Waals surface area contributed by atoms with Crippen LogP contribution in [-0.2, 0) is 0 Å². The molecule has 0 spiro atoms. The Morgan fingerprint density at radius 2 is 0.321 bits per heavy atom. The van der Waals surface area contributed by atoms with Crippen LogP contribution in [0.25, 0.3) is 0 Å². The molecule has 0 saturated carbocycles. The van der Waals surface area contributed by atoms with Crippen LogP contribution in [0.5, 0.6) is 17.2 Å². The van der Waals surface area contributed by atoms with Gasteiger partial charge in [-0.25, -0.2) is 0 Å². The third kappa shape index (κ3) is 56.5. The summed E-state index contributed by atoms with van der Waals surface area (Å²) < 4.78 is 19.5. The number of hydrogen-bond donors (Lipinski definition) is 0. The zero-order valence-electron chi connectivity index (χ0n) is 54.1. The van der Waals surface area contributed by atoms with Crippen LogP contribution in [0, 0.1) is 0 Å². The molecule has 0 saturated heterocycles. The Bertz CT molecular complexity index is 1160. The number of hydrogen-bond acceptors (Lipinski definition) is 3. The van der Waals surface area contributed by atoms with Gasteiger partial charge in [0.25, 0.3) is 0 Å². The van der Waals surface area contributed by atoms with Gasteiger partial charge in [0.1, 0.15) is 0 Å². The van der Waals surface area contributed by atoms with Crippen molar-refractivity contribution in [3.8, 4) is 17.2 Å². The van der Waals surface area contributed by atoms with E-state index in [1.54, 1.807) is 0 Å². The fraction of sp³-hybridized carbons (Fsp3) is 0.920. The van der Waals surface area contributed by atoms with Gasteiger partial charge in [0, 0.05) is 0 Å². The summed E-state index contributed by atoms with van der Waals surface area (Å²) in [6.45, 7) is 9.20. The number of benzene rings is 1. The highest BCUT2D eigenvalue weighted by atomic mass is 16.5. The number of para-hydroxylation sites is 1. The third-order valence-electron chi connectivity index (χ3n) is 17.4. The van der Waals surface area contributed by atoms with Crippen LogP contribution in [0.2, 0.25) is 0 Å². The summed E-state index contributed by atoms with van der Waals surface area (Å²) in [5, 5.41) is 0. The maximum atomic E-state index is 6.56. The largest absolute Gasteiger partial charge is 0.490 e. The van der Waals surface area contributed by atoms with Crippen LogP contribution in [-0.4, -0.2) is 19.8 Å². The van der Waals surface area contributed by atoms with Gasteiger partial charge in [-0.2, -0.15) is 0 Å². The number of unbranched alkanes of at least 4 members (excludes halogenated alkanes) is 60. The van der Waals surface area contributed by atoms with E-state index in [1.165, 1.54) is 385 Å². The zero-order valence-corrected chi connectivity index (χ0v) is 54.1. The molecule has 0 aliphatic rings. The minimum absolute atomic E-state index is 0.745. The first-order valence-corrected chi connectivity index (χ1v) is 36.8. The lowest BCUT2D eigenvalue weighted by molar-refractivity contribution is 0.234. The van der Waals surface area contributed by atoms with E-state index in [0.29, 0.717) is 0 Å². The van der Waals surface area contributed by atoms with E-state index in [9.17, 15) is 0 Å². The van der Waals surface area contributed by atoms with E-state index in [2.05, 4.69) is 39.0 Å². The fourth-order valence-corrected chi connectivity index (χ4v) is 12.0. The van der Waals surface area contributed by atoms with Crippen molar-refractivity contribution in [1.29, 1.82) is 0 Å². The Balaban J connectivity index is 2.25. The molecule has 3 nitrogen and oxygen atoms in total. The molecule has 1 rings (SSSR count). The first-order chi connectivity index (χ1) is 38.8. The minimum Gasteiger partial charge on any atom is -0.490 e. The van der Waals surface area contributed by atoms with Gasteiger partial charge >= 0.3 is 0 Å². The molecule has 0 N–H and O–H groups in total. The summed E-state index contributed by atoms with van der Waals surface area (Å²) in [5.41, 5.74) is 0. The van der Waals surface area contributed by atoms with E-state index in [1.807, 2.05) is 0 Å². The number of rotatable bonds is 69. The maximum absolute atomic E-state index is 6.56. The van der Waals surface area contributed by atoms with Gasteiger partial charge in [0.2, 0.25) is 5.75 Å². The van der Waals surface area contributed by atoms with Gasteiger partial charge in [-0.3, -0.25) is 0 Å². The summed E-state index contributed by atoms with van der Waals surface area (Å²) in [7, 11) is 0. The lowest BCUT2D eigenvalue weighted by atomic mass is 10.0. The Morgan fingerprint density at radius 3 is 0.487 bits per heavy atom. The highest BCUT2D eigenvalue weighted by Gasteiger charge is 2.13. The molecule has 0 amide bonds. The van der Waals surface area contributed by atoms with E-state index < -0.39 is 0 Å². The third-order valence-corrected chi connectivity index (χ3v) is 17.4. The van der Waals surface area contributed by atoms with Crippen molar-refractivity contribution in [2.24, 2.45) is 0 Å². The SMILES string of the molecule is CCCCCCCCCCCCCCCCCCCCCCCOc1cccc(OCCCCCCCCCCCCCCCCCCCCCCC)c1OCCCCCCCCCCCCCCCCCCCCCCC. The molecule has 78 heavy (non-hydrogen) atoms. The van der Waals surface area contributed by atoms with Crippen molar-refractivity contribution in [3.05, 3.63) is 18.2 Å². The van der Waals surface area contributed by atoms with E-state index in [4.69, 9.17) is 14.2 Å². The Labute approximate surface area is 492 Å². The van der Waals surface area contributed by atoms with Crippen LogP contribution < -0.4 is 14.2 Å². The zero-order chi connectivity index (χ0) is 55.6. The maximum Gasteiger partial charge on any atom is 0.203 e. The first kappa shape index (κ1) is 74.6. The molecule has 0 bridgehead atoms. The molecule has 0 heterocycles. The Hall–Kier alpha value is -1.38. The van der Waals surface area contributed by atoms with E-state index in [-0.39, 0.29) is 0 Å². The molecular formula is C75H144O3. The van der Waals surface area contributed by atoms with Gasteiger partial charge in [-0.1, -0.05) is 412 Å². The van der Waals surface area contributed by atoms with Crippen LogP contribution in [0.3, 0.4) is 0 Å². The quantitative estimate of drug-likeness (QED) is 0.0609. The monoisotopic (exact) mass is 1090 g/mol. The molecule has 0 aliphatic carbocycles. The topological polar surface area (TPSA) is 27.7 Å². The van der Waals surface area contributed by atoms with Gasteiger partial charge in [-0.15, -0.1) is 0 Å². The highest BCUT2D eigenvalue weighted by Crippen LogP contribution is 2.38. The molecule has 1 aromatic carbocycles. The summed E-state index contributed by atoms with van der Waals surface area (Å²) in [6, 6.07) is 6.32. The lowest BCUT2D eigenvalue weighted by Crippen LogP contribution is -2.06. The van der Waals surface area contributed by atoms with Gasteiger partial charge in [0.15, 0.2) is 11.5 Å². The fourth-order valence-electron chi connectivity index (χ4n) is 12.0. The van der Waals surface area contributed by atoms with Crippen LogP contribution in [0.1, 0.15) is 425 Å². The molecule has 0 radical (unpaired) electrons. The Kier molecular flexibility index (Phi) is 63.6. The van der Waals surface area contributed by atoms with Gasteiger partial charge < -0.3 is 14.2 Å². The molecule has 3 heteroatoms. The molecule has 0 aromatic heterocycles.